The Morgan fingerprint density at radius 2 is 1.57 bits per heavy atom. The highest BCUT2D eigenvalue weighted by Crippen LogP contribution is 2.40. The van der Waals surface area contributed by atoms with Crippen LogP contribution in [0.25, 0.3) is 0 Å². The molecule has 6 rings (SSSR count). The number of carbonyl (C=O) groups excluding carboxylic acids is 2. The van der Waals surface area contributed by atoms with E-state index in [4.69, 9.17) is 42.6 Å². The van der Waals surface area contributed by atoms with E-state index in [2.05, 4.69) is 15.9 Å². The Hall–Kier alpha value is -2.58. The van der Waals surface area contributed by atoms with Crippen LogP contribution < -0.4 is 0 Å². The summed E-state index contributed by atoms with van der Waals surface area (Å²) in [6.07, 6.45) is -8.47. The number of benzene rings is 2. The molecule has 4 heterocycles. The van der Waals surface area contributed by atoms with E-state index in [0.29, 0.717) is 5.56 Å². The fourth-order valence-electron chi connectivity index (χ4n) is 5.34. The maximum Gasteiger partial charge on any atom is 0.509 e. The number of rotatable bonds is 6. The fraction of sp³-hybridized carbons (Fsp3) is 0.500. The summed E-state index contributed by atoms with van der Waals surface area (Å²) in [5.74, 6) is -0.582. The summed E-state index contributed by atoms with van der Waals surface area (Å²) in [6.45, 7) is 1.95. The Labute approximate surface area is 239 Å². The van der Waals surface area contributed by atoms with Gasteiger partial charge in [-0.05, 0) is 19.1 Å². The van der Waals surface area contributed by atoms with Crippen LogP contribution in [0.4, 0.5) is 4.79 Å². The Morgan fingerprint density at radius 1 is 0.875 bits per heavy atom. The van der Waals surface area contributed by atoms with Gasteiger partial charge in [-0.3, -0.25) is 0 Å². The van der Waals surface area contributed by atoms with Crippen molar-refractivity contribution in [2.24, 2.45) is 0 Å². The number of methoxy groups -OCH3 is 1. The quantitative estimate of drug-likeness (QED) is 0.349. The van der Waals surface area contributed by atoms with Crippen molar-refractivity contribution in [3.8, 4) is 0 Å². The number of halogens is 1. The van der Waals surface area contributed by atoms with E-state index in [1.54, 1.807) is 37.3 Å². The van der Waals surface area contributed by atoms with Gasteiger partial charge >= 0.3 is 12.1 Å². The van der Waals surface area contributed by atoms with E-state index in [9.17, 15) is 9.59 Å². The lowest BCUT2D eigenvalue weighted by Crippen LogP contribution is -2.66. The third kappa shape index (κ3) is 5.37. The largest absolute Gasteiger partial charge is 0.509 e. The van der Waals surface area contributed by atoms with Crippen LogP contribution in [0, 0.1) is 0 Å². The predicted octanol–water partition coefficient (Wildman–Crippen LogP) is 3.50. The first-order chi connectivity index (χ1) is 19.4. The molecule has 0 N–H and O–H groups in total. The Kier molecular flexibility index (Phi) is 8.09. The van der Waals surface area contributed by atoms with Crippen LogP contribution in [0.3, 0.4) is 0 Å². The van der Waals surface area contributed by atoms with E-state index >= 15 is 0 Å². The van der Waals surface area contributed by atoms with Crippen LogP contribution in [0.15, 0.2) is 60.7 Å². The third-order valence-electron chi connectivity index (χ3n) is 7.31. The lowest BCUT2D eigenvalue weighted by molar-refractivity contribution is -0.378. The van der Waals surface area contributed by atoms with Crippen LogP contribution in [0.1, 0.15) is 29.1 Å². The van der Waals surface area contributed by atoms with Gasteiger partial charge in [-0.2, -0.15) is 0 Å². The minimum Gasteiger partial charge on any atom is -0.450 e. The van der Waals surface area contributed by atoms with Gasteiger partial charge in [0.15, 0.2) is 37.2 Å². The SMILES string of the molecule is CO[C@H]1O[C@@H]2CO[C@@H](c3ccccc3)O[C@H]2[C@H](O[C@@H]2O[C@H](C)[C@@H]3OC(=O)O[C@@H]3[C@H]2Br)[C@H]1OC(=O)c1ccccc1. The highest BCUT2D eigenvalue weighted by Gasteiger charge is 2.57. The van der Waals surface area contributed by atoms with Crippen molar-refractivity contribution < 1.29 is 52.2 Å². The lowest BCUT2D eigenvalue weighted by atomic mass is 9.96. The maximum atomic E-state index is 13.2. The van der Waals surface area contributed by atoms with Gasteiger partial charge in [-0.15, -0.1) is 0 Å². The highest BCUT2D eigenvalue weighted by atomic mass is 79.9. The van der Waals surface area contributed by atoms with Crippen LogP contribution >= 0.6 is 15.9 Å². The minimum atomic E-state index is -1.05. The molecule has 4 fully saturated rings. The molecule has 0 saturated carbocycles. The molecule has 4 aliphatic rings. The van der Waals surface area contributed by atoms with Crippen molar-refractivity contribution in [1.29, 1.82) is 0 Å². The molecule has 0 amide bonds. The molecule has 0 aliphatic carbocycles. The summed E-state index contributed by atoms with van der Waals surface area (Å²) in [6, 6.07) is 18.1. The molecule has 11 atom stereocenters. The van der Waals surface area contributed by atoms with Crippen molar-refractivity contribution in [2.45, 2.75) is 73.3 Å². The van der Waals surface area contributed by atoms with Crippen molar-refractivity contribution in [3.63, 3.8) is 0 Å². The normalized spacial score (nSPS) is 38.9. The van der Waals surface area contributed by atoms with Crippen LogP contribution in [-0.4, -0.2) is 86.0 Å². The summed E-state index contributed by atoms with van der Waals surface area (Å²) in [4.78, 5) is 24.5. The average Bonchev–Trinajstić information content (AvgIpc) is 3.39. The molecule has 0 aromatic heterocycles. The van der Waals surface area contributed by atoms with Crippen LogP contribution in [-0.2, 0) is 42.6 Å². The van der Waals surface area contributed by atoms with Crippen molar-refractivity contribution in [3.05, 3.63) is 71.8 Å². The molecular weight excluding hydrogens is 592 g/mol. The van der Waals surface area contributed by atoms with Gasteiger partial charge in [-0.25, -0.2) is 9.59 Å². The Bertz CT molecular complexity index is 1180. The molecule has 2 aromatic carbocycles. The van der Waals surface area contributed by atoms with Crippen molar-refractivity contribution in [1.82, 2.24) is 0 Å². The van der Waals surface area contributed by atoms with Crippen LogP contribution in [0.2, 0.25) is 0 Å². The molecule has 0 spiro atoms. The first-order valence-electron chi connectivity index (χ1n) is 13.0. The minimum absolute atomic E-state index is 0.180. The molecule has 214 valence electrons. The number of ether oxygens (including phenoxy) is 9. The standard InChI is InChI=1S/C28H29BrO11/c1-14-19-21(40-28(31)39-19)18(29)26(34-14)38-22-20-17(13-33-25(37-20)16-11-7-4-8-12-16)35-27(32-2)23(22)36-24(30)15-9-5-3-6-10-15/h3-12,14,17-23,25-27H,13H2,1-2H3/t14-,17-,18-,19+,20-,21-,22+,23-,25-,26+,27+/m1/s1. The molecule has 12 heteroatoms. The molecule has 2 aromatic rings. The molecule has 4 saturated heterocycles. The third-order valence-corrected chi connectivity index (χ3v) is 8.26. The zero-order chi connectivity index (χ0) is 27.8. The van der Waals surface area contributed by atoms with Crippen LogP contribution in [0.5, 0.6) is 0 Å². The number of alkyl halides is 1. The highest BCUT2D eigenvalue weighted by molar-refractivity contribution is 9.09. The van der Waals surface area contributed by atoms with Crippen molar-refractivity contribution in [2.75, 3.05) is 13.7 Å². The Morgan fingerprint density at radius 3 is 2.30 bits per heavy atom. The summed E-state index contributed by atoms with van der Waals surface area (Å²) in [5.41, 5.74) is 1.16. The van der Waals surface area contributed by atoms with E-state index < -0.39 is 78.5 Å². The molecule has 0 unspecified atom stereocenters. The van der Waals surface area contributed by atoms with E-state index in [1.807, 2.05) is 30.3 Å². The topological polar surface area (TPSA) is 117 Å². The summed E-state index contributed by atoms with van der Waals surface area (Å²) in [7, 11) is 1.45. The number of fused-ring (bicyclic) bond motifs is 2. The van der Waals surface area contributed by atoms with Gasteiger partial charge in [0.05, 0.1) is 18.3 Å². The molecule has 11 nitrogen and oxygen atoms in total. The molecular formula is C28H29BrO11. The monoisotopic (exact) mass is 620 g/mol. The first-order valence-corrected chi connectivity index (χ1v) is 13.9. The van der Waals surface area contributed by atoms with Gasteiger partial charge in [0, 0.05) is 12.7 Å². The maximum absolute atomic E-state index is 13.2. The summed E-state index contributed by atoms with van der Waals surface area (Å²) in [5, 5.41) is 0. The smallest absolute Gasteiger partial charge is 0.450 e. The Balaban J connectivity index is 1.31. The summed E-state index contributed by atoms with van der Waals surface area (Å²) < 4.78 is 53.5. The molecule has 4 aliphatic heterocycles. The van der Waals surface area contributed by atoms with E-state index in [1.165, 1.54) is 7.11 Å². The number of carbonyl (C=O) groups is 2. The first kappa shape index (κ1) is 27.6. The second-order valence-electron chi connectivity index (χ2n) is 9.86. The van der Waals surface area contributed by atoms with Gasteiger partial charge in [0.25, 0.3) is 0 Å². The number of hydrogen-bond acceptors (Lipinski definition) is 11. The zero-order valence-electron chi connectivity index (χ0n) is 21.7. The predicted molar refractivity (Wildman–Crippen MR) is 138 cm³/mol. The van der Waals surface area contributed by atoms with Gasteiger partial charge < -0.3 is 42.6 Å². The molecule has 0 bridgehead atoms. The zero-order valence-corrected chi connectivity index (χ0v) is 23.3. The van der Waals surface area contributed by atoms with Gasteiger partial charge in [0.2, 0.25) is 0 Å². The van der Waals surface area contributed by atoms with Gasteiger partial charge in [0.1, 0.15) is 23.1 Å². The number of esters is 1. The second kappa shape index (κ2) is 11.7. The molecule has 0 radical (unpaired) electrons. The number of hydrogen-bond donors (Lipinski definition) is 0. The lowest BCUT2D eigenvalue weighted by Gasteiger charge is -2.50. The second-order valence-corrected chi connectivity index (χ2v) is 10.9. The summed E-state index contributed by atoms with van der Waals surface area (Å²) >= 11 is 3.58. The van der Waals surface area contributed by atoms with E-state index in [-0.39, 0.29) is 6.61 Å². The van der Waals surface area contributed by atoms with Crippen molar-refractivity contribution >= 4 is 28.1 Å². The molecule has 40 heavy (non-hydrogen) atoms. The fourth-order valence-corrected chi connectivity index (χ4v) is 5.99. The average molecular weight is 621 g/mol. The van der Waals surface area contributed by atoms with Gasteiger partial charge in [-0.1, -0.05) is 64.5 Å². The van der Waals surface area contributed by atoms with E-state index in [0.717, 1.165) is 5.56 Å².